The maximum absolute atomic E-state index is 12.8. The van der Waals surface area contributed by atoms with Crippen LogP contribution in [0.4, 0.5) is 0 Å². The predicted octanol–water partition coefficient (Wildman–Crippen LogP) is 0.0448. The van der Waals surface area contributed by atoms with Gasteiger partial charge in [0.2, 0.25) is 23.6 Å². The van der Waals surface area contributed by atoms with Crippen molar-refractivity contribution in [1.82, 2.24) is 21.4 Å². The van der Waals surface area contributed by atoms with E-state index in [0.29, 0.717) is 19.4 Å². The highest BCUT2D eigenvalue weighted by atomic mass is 16.5. The number of carbonyl (C=O) groups excluding carboxylic acids is 4. The molecule has 0 saturated heterocycles. The average molecular weight is 430 g/mol. The SMILES string of the molecule is CC(C)C[C@@H](CC(=O)NO)C(=O)N[C@@H](CC(C)(C)C)C(=O)N[C@@H](C)C(=O)NCCN. The van der Waals surface area contributed by atoms with Gasteiger partial charge < -0.3 is 21.7 Å². The molecule has 0 rings (SSSR count). The zero-order chi connectivity index (χ0) is 23.5. The fourth-order valence-corrected chi connectivity index (χ4v) is 2.96. The Balaban J connectivity index is 5.34. The van der Waals surface area contributed by atoms with Gasteiger partial charge in [-0.1, -0.05) is 34.6 Å². The molecule has 7 N–H and O–H groups in total. The minimum atomic E-state index is -0.880. The second-order valence-electron chi connectivity index (χ2n) is 9.20. The normalized spacial score (nSPS) is 14.4. The predicted molar refractivity (Wildman–Crippen MR) is 113 cm³/mol. The molecular formula is C20H39N5O5. The lowest BCUT2D eigenvalue weighted by Gasteiger charge is -2.29. The van der Waals surface area contributed by atoms with Crippen LogP contribution in [0.1, 0.15) is 60.8 Å². The highest BCUT2D eigenvalue weighted by molar-refractivity contribution is 5.93. The van der Waals surface area contributed by atoms with Crippen LogP contribution in [0.3, 0.4) is 0 Å². The Labute approximate surface area is 179 Å². The van der Waals surface area contributed by atoms with Gasteiger partial charge in [-0.25, -0.2) is 5.48 Å². The molecule has 0 saturated carbocycles. The van der Waals surface area contributed by atoms with E-state index in [9.17, 15) is 19.2 Å². The van der Waals surface area contributed by atoms with Crippen LogP contribution in [0, 0.1) is 17.3 Å². The summed E-state index contributed by atoms with van der Waals surface area (Å²) in [4.78, 5) is 49.3. The van der Waals surface area contributed by atoms with E-state index < -0.39 is 35.7 Å². The van der Waals surface area contributed by atoms with Gasteiger partial charge in [-0.2, -0.15) is 0 Å². The minimum absolute atomic E-state index is 0.133. The fourth-order valence-electron chi connectivity index (χ4n) is 2.96. The lowest BCUT2D eigenvalue weighted by atomic mass is 9.86. The van der Waals surface area contributed by atoms with Crippen LogP contribution in [0.5, 0.6) is 0 Å². The molecule has 0 aromatic heterocycles. The van der Waals surface area contributed by atoms with Crippen LogP contribution >= 0.6 is 0 Å². The van der Waals surface area contributed by atoms with Crippen LogP contribution in [0.2, 0.25) is 0 Å². The van der Waals surface area contributed by atoms with Crippen molar-refractivity contribution in [2.45, 2.75) is 72.9 Å². The Morgan fingerprint density at radius 3 is 2.03 bits per heavy atom. The third kappa shape index (κ3) is 11.7. The molecule has 30 heavy (non-hydrogen) atoms. The van der Waals surface area contributed by atoms with E-state index in [4.69, 9.17) is 10.9 Å². The van der Waals surface area contributed by atoms with E-state index in [0.717, 1.165) is 0 Å². The summed E-state index contributed by atoms with van der Waals surface area (Å²) in [6.07, 6.45) is 0.561. The summed E-state index contributed by atoms with van der Waals surface area (Å²) >= 11 is 0. The fraction of sp³-hybridized carbons (Fsp3) is 0.800. The molecule has 10 heteroatoms. The second kappa shape index (κ2) is 13.2. The molecule has 0 heterocycles. The molecule has 0 fully saturated rings. The molecular weight excluding hydrogens is 390 g/mol. The first-order chi connectivity index (χ1) is 13.8. The van der Waals surface area contributed by atoms with Gasteiger partial charge in [0.15, 0.2) is 0 Å². The van der Waals surface area contributed by atoms with E-state index in [1.165, 1.54) is 0 Å². The van der Waals surface area contributed by atoms with Crippen molar-refractivity contribution in [3.8, 4) is 0 Å². The highest BCUT2D eigenvalue weighted by Crippen LogP contribution is 2.22. The Morgan fingerprint density at radius 2 is 1.57 bits per heavy atom. The van der Waals surface area contributed by atoms with Gasteiger partial charge in [-0.3, -0.25) is 24.4 Å². The van der Waals surface area contributed by atoms with Crippen molar-refractivity contribution < 1.29 is 24.4 Å². The number of rotatable bonds is 12. The summed E-state index contributed by atoms with van der Waals surface area (Å²) in [5, 5.41) is 16.7. The summed E-state index contributed by atoms with van der Waals surface area (Å²) in [5.41, 5.74) is 6.62. The van der Waals surface area contributed by atoms with Crippen molar-refractivity contribution in [2.75, 3.05) is 13.1 Å². The van der Waals surface area contributed by atoms with Gasteiger partial charge in [0.05, 0.1) is 0 Å². The number of hydroxylamine groups is 1. The molecule has 10 nitrogen and oxygen atoms in total. The molecule has 0 aliphatic carbocycles. The third-order valence-corrected chi connectivity index (χ3v) is 4.33. The van der Waals surface area contributed by atoms with E-state index in [1.54, 1.807) is 12.4 Å². The molecule has 0 aromatic rings. The molecule has 0 spiro atoms. The molecule has 3 atom stereocenters. The number of hydrogen-bond donors (Lipinski definition) is 6. The summed E-state index contributed by atoms with van der Waals surface area (Å²) in [6, 6.07) is -1.68. The number of amides is 4. The second-order valence-corrected chi connectivity index (χ2v) is 9.20. The zero-order valence-electron chi connectivity index (χ0n) is 19.0. The number of nitrogens with one attached hydrogen (secondary N) is 4. The molecule has 0 unspecified atom stereocenters. The lowest BCUT2D eigenvalue weighted by Crippen LogP contribution is -2.54. The van der Waals surface area contributed by atoms with Gasteiger partial charge in [-0.05, 0) is 31.1 Å². The standard InChI is InChI=1S/C20H39N5O5/c1-12(2)9-14(10-16(26)25-30)18(28)24-15(11-20(4,5)6)19(29)23-13(3)17(27)22-8-7-21/h12-15,30H,7-11,21H2,1-6H3,(H,22,27)(H,23,29)(H,24,28)(H,25,26)/t13-,14-,15-/m0/s1. The minimum Gasteiger partial charge on any atom is -0.353 e. The first-order valence-corrected chi connectivity index (χ1v) is 10.3. The van der Waals surface area contributed by atoms with Gasteiger partial charge >= 0.3 is 0 Å². The van der Waals surface area contributed by atoms with Crippen molar-refractivity contribution >= 4 is 23.6 Å². The molecule has 0 aliphatic rings. The molecule has 0 aromatic carbocycles. The summed E-state index contributed by atoms with van der Waals surface area (Å²) < 4.78 is 0. The van der Waals surface area contributed by atoms with E-state index in [1.807, 2.05) is 34.6 Å². The maximum atomic E-state index is 12.8. The monoisotopic (exact) mass is 429 g/mol. The molecule has 0 radical (unpaired) electrons. The third-order valence-electron chi connectivity index (χ3n) is 4.33. The molecule has 0 bridgehead atoms. The molecule has 0 aliphatic heterocycles. The molecule has 174 valence electrons. The quantitative estimate of drug-likeness (QED) is 0.190. The lowest BCUT2D eigenvalue weighted by molar-refractivity contribution is -0.137. The van der Waals surface area contributed by atoms with Crippen molar-refractivity contribution in [2.24, 2.45) is 23.0 Å². The van der Waals surface area contributed by atoms with Crippen molar-refractivity contribution in [1.29, 1.82) is 0 Å². The smallest absolute Gasteiger partial charge is 0.244 e. The topological polar surface area (TPSA) is 163 Å². The van der Waals surface area contributed by atoms with Crippen LogP contribution < -0.4 is 27.2 Å². The van der Waals surface area contributed by atoms with Crippen LogP contribution in [-0.4, -0.2) is 54.0 Å². The Bertz CT molecular complexity index is 589. The maximum Gasteiger partial charge on any atom is 0.244 e. The van der Waals surface area contributed by atoms with E-state index in [-0.39, 0.29) is 30.2 Å². The van der Waals surface area contributed by atoms with Gasteiger partial charge in [-0.15, -0.1) is 0 Å². The van der Waals surface area contributed by atoms with Crippen molar-refractivity contribution in [3.63, 3.8) is 0 Å². The van der Waals surface area contributed by atoms with Crippen LogP contribution in [0.25, 0.3) is 0 Å². The van der Waals surface area contributed by atoms with Crippen LogP contribution in [0.15, 0.2) is 0 Å². The first kappa shape index (κ1) is 27.8. The Kier molecular flexibility index (Phi) is 12.2. The Morgan fingerprint density at radius 1 is 0.967 bits per heavy atom. The van der Waals surface area contributed by atoms with Gasteiger partial charge in [0, 0.05) is 25.4 Å². The van der Waals surface area contributed by atoms with E-state index in [2.05, 4.69) is 16.0 Å². The van der Waals surface area contributed by atoms with Gasteiger partial charge in [0.1, 0.15) is 12.1 Å². The number of nitrogens with two attached hydrogens (primary N) is 1. The molecule has 4 amide bonds. The largest absolute Gasteiger partial charge is 0.353 e. The Hall–Kier alpha value is -2.20. The first-order valence-electron chi connectivity index (χ1n) is 10.3. The zero-order valence-corrected chi connectivity index (χ0v) is 19.0. The number of carbonyl (C=O) groups is 4. The highest BCUT2D eigenvalue weighted by Gasteiger charge is 2.31. The van der Waals surface area contributed by atoms with Crippen molar-refractivity contribution in [3.05, 3.63) is 0 Å². The summed E-state index contributed by atoms with van der Waals surface area (Å²) in [7, 11) is 0. The summed E-state index contributed by atoms with van der Waals surface area (Å²) in [6.45, 7) is 11.8. The van der Waals surface area contributed by atoms with Gasteiger partial charge in [0.25, 0.3) is 0 Å². The average Bonchev–Trinajstić information content (AvgIpc) is 2.62. The summed E-state index contributed by atoms with van der Waals surface area (Å²) in [5.74, 6) is -2.53. The van der Waals surface area contributed by atoms with Crippen LogP contribution in [-0.2, 0) is 19.2 Å². The number of hydrogen-bond acceptors (Lipinski definition) is 6. The van der Waals surface area contributed by atoms with E-state index >= 15 is 0 Å².